The average Bonchev–Trinajstić information content (AvgIpc) is 2.25. The maximum absolute atomic E-state index is 11.7. The van der Waals surface area contributed by atoms with Crippen molar-refractivity contribution in [2.75, 3.05) is 6.61 Å². The summed E-state index contributed by atoms with van der Waals surface area (Å²) in [5.74, 6) is 0.802. The Morgan fingerprint density at radius 1 is 1.44 bits per heavy atom. The molecule has 0 spiro atoms. The molecule has 1 aliphatic carbocycles. The quantitative estimate of drug-likeness (QED) is 0.677. The lowest BCUT2D eigenvalue weighted by Crippen LogP contribution is -2.24. The van der Waals surface area contributed by atoms with Crippen LogP contribution in [0.5, 0.6) is 0 Å². The van der Waals surface area contributed by atoms with Crippen molar-refractivity contribution in [3.05, 3.63) is 0 Å². The molecule has 0 amide bonds. The van der Waals surface area contributed by atoms with E-state index in [-0.39, 0.29) is 11.9 Å². The summed E-state index contributed by atoms with van der Waals surface area (Å²) in [4.78, 5) is 23.0. The molecular formula is C13H22O3. The van der Waals surface area contributed by atoms with Crippen LogP contribution in [0.4, 0.5) is 0 Å². The van der Waals surface area contributed by atoms with Crippen molar-refractivity contribution >= 4 is 11.8 Å². The molecule has 3 nitrogen and oxygen atoms in total. The predicted molar refractivity (Wildman–Crippen MR) is 62.0 cm³/mol. The van der Waals surface area contributed by atoms with Crippen LogP contribution in [0, 0.1) is 11.8 Å². The maximum atomic E-state index is 11.7. The normalized spacial score (nSPS) is 25.5. The zero-order valence-corrected chi connectivity index (χ0v) is 10.3. The highest BCUT2D eigenvalue weighted by atomic mass is 16.5. The zero-order chi connectivity index (χ0) is 12.0. The fraction of sp³-hybridized carbons (Fsp3) is 0.846. The number of ether oxygens (including phenoxy) is 1. The first kappa shape index (κ1) is 13.2. The molecule has 1 rings (SSSR count). The van der Waals surface area contributed by atoms with Gasteiger partial charge in [0.15, 0.2) is 0 Å². The van der Waals surface area contributed by atoms with E-state index >= 15 is 0 Å². The topological polar surface area (TPSA) is 43.4 Å². The summed E-state index contributed by atoms with van der Waals surface area (Å²) < 4.78 is 4.99. The summed E-state index contributed by atoms with van der Waals surface area (Å²) in [7, 11) is 0. The second-order valence-corrected chi connectivity index (χ2v) is 4.81. The van der Waals surface area contributed by atoms with Gasteiger partial charge in [0, 0.05) is 18.8 Å². The summed E-state index contributed by atoms with van der Waals surface area (Å²) in [6.45, 7) is 4.58. The van der Waals surface area contributed by atoms with E-state index in [1.807, 2.05) is 6.92 Å². The molecule has 0 N–H and O–H groups in total. The lowest BCUT2D eigenvalue weighted by atomic mass is 9.80. The van der Waals surface area contributed by atoms with Gasteiger partial charge >= 0.3 is 5.97 Å². The van der Waals surface area contributed by atoms with Crippen molar-refractivity contribution in [1.29, 1.82) is 0 Å². The number of hydrogen-bond acceptors (Lipinski definition) is 3. The van der Waals surface area contributed by atoms with Gasteiger partial charge in [0.1, 0.15) is 5.78 Å². The van der Waals surface area contributed by atoms with E-state index in [4.69, 9.17) is 4.74 Å². The third-order valence-electron chi connectivity index (χ3n) is 3.18. The Bertz CT molecular complexity index is 248. The molecule has 16 heavy (non-hydrogen) atoms. The van der Waals surface area contributed by atoms with Crippen LogP contribution in [0.1, 0.15) is 52.4 Å². The molecule has 0 heterocycles. The molecule has 1 aliphatic rings. The molecule has 0 bridgehead atoms. The van der Waals surface area contributed by atoms with Gasteiger partial charge in [0.2, 0.25) is 0 Å². The summed E-state index contributed by atoms with van der Waals surface area (Å²) in [6, 6.07) is 0. The summed E-state index contributed by atoms with van der Waals surface area (Å²) >= 11 is 0. The van der Waals surface area contributed by atoms with Gasteiger partial charge in [-0.25, -0.2) is 0 Å². The highest BCUT2D eigenvalue weighted by Gasteiger charge is 2.26. The molecule has 1 saturated carbocycles. The molecule has 2 atom stereocenters. The van der Waals surface area contributed by atoms with Crippen molar-refractivity contribution < 1.29 is 14.3 Å². The molecule has 0 radical (unpaired) electrons. The molecule has 0 saturated heterocycles. The van der Waals surface area contributed by atoms with Gasteiger partial charge in [-0.2, -0.15) is 0 Å². The molecule has 3 heteroatoms. The van der Waals surface area contributed by atoms with Crippen molar-refractivity contribution in [3.63, 3.8) is 0 Å². The van der Waals surface area contributed by atoms with Crippen molar-refractivity contribution in [3.8, 4) is 0 Å². The first-order valence-corrected chi connectivity index (χ1v) is 6.31. The Balaban J connectivity index is 2.22. The van der Waals surface area contributed by atoms with Gasteiger partial charge in [-0.1, -0.05) is 13.8 Å². The van der Waals surface area contributed by atoms with Gasteiger partial charge in [0.25, 0.3) is 0 Å². The van der Waals surface area contributed by atoms with Crippen LogP contribution in [0.15, 0.2) is 0 Å². The standard InChI is InChI=1S/C13H22O3/c1-3-8-16-13(15)7-6-11-5-4-10(2)9-12(11)14/h10-11H,3-9H2,1-2H3. The minimum atomic E-state index is -0.159. The van der Waals surface area contributed by atoms with Gasteiger partial charge in [-0.3, -0.25) is 9.59 Å². The summed E-state index contributed by atoms with van der Waals surface area (Å²) in [5, 5.41) is 0. The number of esters is 1. The van der Waals surface area contributed by atoms with Crippen LogP contribution in [-0.4, -0.2) is 18.4 Å². The van der Waals surface area contributed by atoms with Gasteiger partial charge < -0.3 is 4.74 Å². The second-order valence-electron chi connectivity index (χ2n) is 4.81. The molecule has 0 aromatic heterocycles. The van der Waals surface area contributed by atoms with Crippen LogP contribution in [0.25, 0.3) is 0 Å². The van der Waals surface area contributed by atoms with Crippen molar-refractivity contribution in [2.24, 2.45) is 11.8 Å². The summed E-state index contributed by atoms with van der Waals surface area (Å²) in [5.41, 5.74) is 0. The number of Topliss-reactive ketones (excluding diaryl/α,β-unsaturated/α-hetero) is 1. The first-order chi connectivity index (χ1) is 7.63. The molecule has 2 unspecified atom stereocenters. The van der Waals surface area contributed by atoms with Crippen LogP contribution < -0.4 is 0 Å². The lowest BCUT2D eigenvalue weighted by Gasteiger charge is -2.24. The van der Waals surface area contributed by atoms with E-state index in [9.17, 15) is 9.59 Å². The van der Waals surface area contributed by atoms with Crippen LogP contribution in [-0.2, 0) is 14.3 Å². The van der Waals surface area contributed by atoms with Gasteiger partial charge in [-0.15, -0.1) is 0 Å². The van der Waals surface area contributed by atoms with Crippen molar-refractivity contribution in [2.45, 2.75) is 52.4 Å². The van der Waals surface area contributed by atoms with E-state index in [1.54, 1.807) is 0 Å². The lowest BCUT2D eigenvalue weighted by molar-refractivity contribution is -0.144. The van der Waals surface area contributed by atoms with Gasteiger partial charge in [0.05, 0.1) is 6.61 Å². The number of ketones is 1. The fourth-order valence-corrected chi connectivity index (χ4v) is 2.14. The largest absolute Gasteiger partial charge is 0.466 e. The van der Waals surface area contributed by atoms with Crippen LogP contribution >= 0.6 is 0 Å². The fourth-order valence-electron chi connectivity index (χ4n) is 2.14. The van der Waals surface area contributed by atoms with E-state index in [1.165, 1.54) is 0 Å². The smallest absolute Gasteiger partial charge is 0.305 e. The third kappa shape index (κ3) is 4.33. The number of carbonyl (C=O) groups excluding carboxylic acids is 2. The summed E-state index contributed by atoms with van der Waals surface area (Å²) in [6.07, 6.45) is 4.67. The highest BCUT2D eigenvalue weighted by molar-refractivity contribution is 5.82. The Labute approximate surface area is 97.5 Å². The predicted octanol–water partition coefficient (Wildman–Crippen LogP) is 2.73. The molecular weight excluding hydrogens is 204 g/mol. The van der Waals surface area contributed by atoms with Crippen LogP contribution in [0.2, 0.25) is 0 Å². The SMILES string of the molecule is CCCOC(=O)CCC1CCC(C)CC1=O. The molecule has 0 aromatic rings. The van der Waals surface area contributed by atoms with E-state index in [0.29, 0.717) is 37.6 Å². The van der Waals surface area contributed by atoms with E-state index < -0.39 is 0 Å². The molecule has 1 fully saturated rings. The Kier molecular flexibility index (Phi) is 5.50. The number of hydrogen-bond donors (Lipinski definition) is 0. The zero-order valence-electron chi connectivity index (χ0n) is 10.3. The second kappa shape index (κ2) is 6.66. The minimum absolute atomic E-state index is 0.102. The Hall–Kier alpha value is -0.860. The van der Waals surface area contributed by atoms with Crippen molar-refractivity contribution in [1.82, 2.24) is 0 Å². The number of carbonyl (C=O) groups is 2. The molecule has 0 aliphatic heterocycles. The first-order valence-electron chi connectivity index (χ1n) is 6.31. The van der Waals surface area contributed by atoms with E-state index in [0.717, 1.165) is 19.3 Å². The monoisotopic (exact) mass is 226 g/mol. The molecule has 92 valence electrons. The maximum Gasteiger partial charge on any atom is 0.305 e. The highest BCUT2D eigenvalue weighted by Crippen LogP contribution is 2.28. The number of rotatable bonds is 5. The third-order valence-corrected chi connectivity index (χ3v) is 3.18. The van der Waals surface area contributed by atoms with E-state index in [2.05, 4.69) is 6.92 Å². The minimum Gasteiger partial charge on any atom is -0.466 e. The Morgan fingerprint density at radius 2 is 2.19 bits per heavy atom. The van der Waals surface area contributed by atoms with Gasteiger partial charge in [-0.05, 0) is 31.6 Å². The Morgan fingerprint density at radius 3 is 2.81 bits per heavy atom. The van der Waals surface area contributed by atoms with Crippen LogP contribution in [0.3, 0.4) is 0 Å². The average molecular weight is 226 g/mol. The molecule has 0 aromatic carbocycles.